The van der Waals surface area contributed by atoms with Crippen molar-refractivity contribution in [2.75, 3.05) is 25.0 Å². The molecule has 4 nitrogen and oxygen atoms in total. The van der Waals surface area contributed by atoms with Gasteiger partial charge in [0, 0.05) is 18.8 Å². The number of anilines is 1. The van der Waals surface area contributed by atoms with E-state index in [4.69, 9.17) is 5.26 Å². The third-order valence-electron chi connectivity index (χ3n) is 3.57. The summed E-state index contributed by atoms with van der Waals surface area (Å²) in [5.41, 5.74) is 2.07. The first-order valence-corrected chi connectivity index (χ1v) is 6.58. The zero-order chi connectivity index (χ0) is 13.8. The fraction of sp³-hybridized carbons (Fsp3) is 0.467. The van der Waals surface area contributed by atoms with Crippen molar-refractivity contribution < 1.29 is 4.79 Å². The van der Waals surface area contributed by atoms with Gasteiger partial charge in [0.25, 0.3) is 0 Å². The number of hydrogen-bond donors (Lipinski definition) is 0. The number of likely N-dealkylation sites (N-methyl/N-ethyl adjacent to an activating group) is 1. The first-order valence-electron chi connectivity index (χ1n) is 6.58. The van der Waals surface area contributed by atoms with Gasteiger partial charge in [0.15, 0.2) is 0 Å². The minimum absolute atomic E-state index is 0.0344. The highest BCUT2D eigenvalue weighted by atomic mass is 16.2. The van der Waals surface area contributed by atoms with E-state index in [0.717, 1.165) is 24.2 Å². The molecule has 0 radical (unpaired) electrons. The van der Waals surface area contributed by atoms with Crippen LogP contribution in [-0.2, 0) is 4.79 Å². The van der Waals surface area contributed by atoms with Gasteiger partial charge >= 0.3 is 0 Å². The molecule has 100 valence electrons. The Morgan fingerprint density at radius 2 is 2.21 bits per heavy atom. The molecule has 0 aliphatic carbocycles. The fourth-order valence-corrected chi connectivity index (χ4v) is 2.49. The Kier molecular flexibility index (Phi) is 4.18. The first kappa shape index (κ1) is 13.6. The van der Waals surface area contributed by atoms with Crippen LogP contribution < -0.4 is 4.90 Å². The van der Waals surface area contributed by atoms with Crippen LogP contribution in [0.5, 0.6) is 0 Å². The SMILES string of the molecule is Cc1cccc(N2CCCN(C)C(CC#N)C2=O)c1. The molecule has 1 aromatic carbocycles. The van der Waals surface area contributed by atoms with Gasteiger partial charge in [-0.25, -0.2) is 0 Å². The van der Waals surface area contributed by atoms with E-state index in [0.29, 0.717) is 6.54 Å². The maximum atomic E-state index is 12.6. The fourth-order valence-electron chi connectivity index (χ4n) is 2.49. The number of aryl methyl sites for hydroxylation is 1. The number of rotatable bonds is 2. The Labute approximate surface area is 114 Å². The van der Waals surface area contributed by atoms with Crippen molar-refractivity contribution in [1.82, 2.24) is 4.90 Å². The summed E-state index contributed by atoms with van der Waals surface area (Å²) in [4.78, 5) is 16.4. The van der Waals surface area contributed by atoms with E-state index in [9.17, 15) is 4.79 Å². The molecule has 0 spiro atoms. The summed E-state index contributed by atoms with van der Waals surface area (Å²) >= 11 is 0. The number of carbonyl (C=O) groups is 1. The van der Waals surface area contributed by atoms with Crippen LogP contribution in [0.1, 0.15) is 18.4 Å². The number of nitriles is 1. The predicted octanol–water partition coefficient (Wildman–Crippen LogP) is 1.95. The van der Waals surface area contributed by atoms with Crippen molar-refractivity contribution >= 4 is 11.6 Å². The molecule has 0 saturated carbocycles. The average molecular weight is 257 g/mol. The number of carbonyl (C=O) groups excluding carboxylic acids is 1. The minimum Gasteiger partial charge on any atom is -0.311 e. The van der Waals surface area contributed by atoms with Crippen molar-refractivity contribution in [3.8, 4) is 6.07 Å². The molecule has 1 fully saturated rings. The van der Waals surface area contributed by atoms with Gasteiger partial charge < -0.3 is 4.90 Å². The molecular formula is C15H19N3O. The molecule has 1 aromatic rings. The molecular weight excluding hydrogens is 238 g/mol. The second-order valence-electron chi connectivity index (χ2n) is 5.04. The van der Waals surface area contributed by atoms with E-state index in [1.807, 2.05) is 48.0 Å². The highest BCUT2D eigenvalue weighted by molar-refractivity contribution is 5.97. The van der Waals surface area contributed by atoms with Crippen LogP contribution in [0.25, 0.3) is 0 Å². The van der Waals surface area contributed by atoms with Gasteiger partial charge in [-0.05, 0) is 38.1 Å². The van der Waals surface area contributed by atoms with Gasteiger partial charge in [0.2, 0.25) is 5.91 Å². The van der Waals surface area contributed by atoms with E-state index >= 15 is 0 Å². The van der Waals surface area contributed by atoms with Gasteiger partial charge in [-0.15, -0.1) is 0 Å². The number of nitrogens with zero attached hydrogens (tertiary/aromatic N) is 3. The summed E-state index contributed by atoms with van der Waals surface area (Å²) in [5.74, 6) is 0.0344. The zero-order valence-electron chi connectivity index (χ0n) is 11.5. The lowest BCUT2D eigenvalue weighted by atomic mass is 10.1. The van der Waals surface area contributed by atoms with Gasteiger partial charge in [-0.1, -0.05) is 12.1 Å². The van der Waals surface area contributed by atoms with Crippen LogP contribution in [0.2, 0.25) is 0 Å². The smallest absolute Gasteiger partial charge is 0.245 e. The van der Waals surface area contributed by atoms with Crippen LogP contribution in [0.3, 0.4) is 0 Å². The summed E-state index contributed by atoms with van der Waals surface area (Å²) in [5, 5.41) is 8.90. The Hall–Kier alpha value is -1.86. The van der Waals surface area contributed by atoms with Crippen LogP contribution >= 0.6 is 0 Å². The van der Waals surface area contributed by atoms with E-state index in [1.165, 1.54) is 0 Å². The molecule has 1 unspecified atom stereocenters. The first-order chi connectivity index (χ1) is 9.13. The largest absolute Gasteiger partial charge is 0.311 e. The average Bonchev–Trinajstić information content (AvgIpc) is 2.52. The monoisotopic (exact) mass is 257 g/mol. The molecule has 19 heavy (non-hydrogen) atoms. The van der Waals surface area contributed by atoms with Gasteiger partial charge in [0.1, 0.15) is 6.04 Å². The molecule has 1 saturated heterocycles. The van der Waals surface area contributed by atoms with E-state index in [2.05, 4.69) is 6.07 Å². The molecule has 1 atom stereocenters. The second-order valence-corrected chi connectivity index (χ2v) is 5.04. The summed E-state index contributed by atoms with van der Waals surface area (Å²) < 4.78 is 0. The summed E-state index contributed by atoms with van der Waals surface area (Å²) in [6, 6.07) is 9.76. The third-order valence-corrected chi connectivity index (χ3v) is 3.57. The lowest BCUT2D eigenvalue weighted by Crippen LogP contribution is -2.44. The van der Waals surface area contributed by atoms with E-state index < -0.39 is 0 Å². The number of amides is 1. The summed E-state index contributed by atoms with van der Waals surface area (Å²) in [7, 11) is 1.92. The molecule has 2 rings (SSSR count). The zero-order valence-corrected chi connectivity index (χ0v) is 11.5. The quantitative estimate of drug-likeness (QED) is 0.813. The van der Waals surface area contributed by atoms with Gasteiger partial charge in [0.05, 0.1) is 12.5 Å². The van der Waals surface area contributed by atoms with Crippen LogP contribution in [-0.4, -0.2) is 37.0 Å². The summed E-state index contributed by atoms with van der Waals surface area (Å²) in [6.07, 6.45) is 1.18. The lowest BCUT2D eigenvalue weighted by molar-refractivity contribution is -0.122. The lowest BCUT2D eigenvalue weighted by Gasteiger charge is -2.26. The standard InChI is InChI=1S/C15H19N3O/c1-12-5-3-6-13(11-12)18-10-4-9-17(2)14(7-8-16)15(18)19/h3,5-6,11,14H,4,7,9-10H2,1-2H3. The molecule has 0 N–H and O–H groups in total. The van der Waals surface area contributed by atoms with Crippen LogP contribution in [0.4, 0.5) is 5.69 Å². The molecule has 0 bridgehead atoms. The van der Waals surface area contributed by atoms with Crippen LogP contribution in [0.15, 0.2) is 24.3 Å². The Balaban J connectivity index is 2.30. The molecule has 0 aromatic heterocycles. The predicted molar refractivity (Wildman–Crippen MR) is 74.8 cm³/mol. The highest BCUT2D eigenvalue weighted by Crippen LogP contribution is 2.21. The molecule has 1 aliphatic heterocycles. The Morgan fingerprint density at radius 3 is 2.89 bits per heavy atom. The number of hydrogen-bond acceptors (Lipinski definition) is 3. The normalized spacial score (nSPS) is 21.0. The Morgan fingerprint density at radius 1 is 1.42 bits per heavy atom. The van der Waals surface area contributed by atoms with Crippen LogP contribution in [0, 0.1) is 18.3 Å². The minimum atomic E-state index is -0.326. The molecule has 1 heterocycles. The Bertz CT molecular complexity index is 506. The van der Waals surface area contributed by atoms with E-state index in [-0.39, 0.29) is 18.4 Å². The van der Waals surface area contributed by atoms with Gasteiger partial charge in [-0.2, -0.15) is 5.26 Å². The molecule has 1 aliphatic rings. The highest BCUT2D eigenvalue weighted by Gasteiger charge is 2.31. The number of benzene rings is 1. The second kappa shape index (κ2) is 5.85. The maximum absolute atomic E-state index is 12.6. The van der Waals surface area contributed by atoms with Crippen molar-refractivity contribution in [3.63, 3.8) is 0 Å². The van der Waals surface area contributed by atoms with E-state index in [1.54, 1.807) is 0 Å². The van der Waals surface area contributed by atoms with Crippen molar-refractivity contribution in [1.29, 1.82) is 5.26 Å². The van der Waals surface area contributed by atoms with Crippen molar-refractivity contribution in [2.24, 2.45) is 0 Å². The maximum Gasteiger partial charge on any atom is 0.245 e. The molecule has 1 amide bonds. The van der Waals surface area contributed by atoms with Crippen molar-refractivity contribution in [2.45, 2.75) is 25.8 Å². The topological polar surface area (TPSA) is 47.3 Å². The molecule has 4 heteroatoms. The van der Waals surface area contributed by atoms with Gasteiger partial charge in [-0.3, -0.25) is 9.69 Å². The summed E-state index contributed by atoms with van der Waals surface area (Å²) in [6.45, 7) is 3.58. The third kappa shape index (κ3) is 2.94. The van der Waals surface area contributed by atoms with Crippen molar-refractivity contribution in [3.05, 3.63) is 29.8 Å².